The molecule has 1 N–H and O–H groups in total. The highest BCUT2D eigenvalue weighted by Crippen LogP contribution is 2.23. The van der Waals surface area contributed by atoms with Crippen LogP contribution in [0.5, 0.6) is 0 Å². The van der Waals surface area contributed by atoms with Gasteiger partial charge in [0.05, 0.1) is 10.0 Å². The van der Waals surface area contributed by atoms with Crippen molar-refractivity contribution in [3.63, 3.8) is 0 Å². The Kier molecular flexibility index (Phi) is 12.5. The van der Waals surface area contributed by atoms with Crippen LogP contribution in [-0.4, -0.2) is 12.5 Å². The van der Waals surface area contributed by atoms with Crippen LogP contribution in [-0.2, 0) is 4.79 Å². The smallest absolute Gasteiger partial charge is 0.243 e. The molecule has 0 aliphatic heterocycles. The van der Waals surface area contributed by atoms with E-state index >= 15 is 0 Å². The Balaban J connectivity index is 2.01. The van der Waals surface area contributed by atoms with Crippen molar-refractivity contribution in [2.45, 2.75) is 71.1 Å². The number of hydrogen-bond acceptors (Lipinski definition) is 1. The van der Waals surface area contributed by atoms with Gasteiger partial charge in [-0.2, -0.15) is 0 Å². The van der Waals surface area contributed by atoms with Crippen molar-refractivity contribution in [3.05, 3.63) is 39.9 Å². The molecule has 0 unspecified atom stereocenters. The van der Waals surface area contributed by atoms with Crippen molar-refractivity contribution in [1.82, 2.24) is 5.32 Å². The quantitative estimate of drug-likeness (QED) is 0.287. The van der Waals surface area contributed by atoms with Crippen molar-refractivity contribution in [3.8, 4) is 0 Å². The van der Waals surface area contributed by atoms with Crippen LogP contribution in [0.3, 0.4) is 0 Å². The molecule has 140 valence electrons. The fourth-order valence-corrected chi connectivity index (χ4v) is 2.98. The van der Waals surface area contributed by atoms with E-state index in [1.54, 1.807) is 18.2 Å². The topological polar surface area (TPSA) is 29.1 Å². The third-order valence-corrected chi connectivity index (χ3v) is 4.94. The molecule has 0 radical (unpaired) electrons. The molecule has 0 saturated heterocycles. The molecule has 0 fully saturated rings. The average Bonchev–Trinajstić information content (AvgIpc) is 2.60. The molecule has 0 aromatic heterocycles. The van der Waals surface area contributed by atoms with Gasteiger partial charge in [0.2, 0.25) is 5.91 Å². The molecular weight excluding hydrogens is 353 g/mol. The standard InChI is InChI=1S/C21H31Cl2NO/c1-2-3-4-5-6-7-8-9-10-11-16-24-21(25)15-13-18-12-14-19(22)20(23)17-18/h12-15,17H,2-11,16H2,1H3,(H,24,25)/b15-13+. The zero-order valence-electron chi connectivity index (χ0n) is 15.3. The van der Waals surface area contributed by atoms with Gasteiger partial charge >= 0.3 is 0 Å². The van der Waals surface area contributed by atoms with E-state index < -0.39 is 0 Å². The summed E-state index contributed by atoms with van der Waals surface area (Å²) in [6.45, 7) is 2.99. The minimum atomic E-state index is -0.0676. The summed E-state index contributed by atoms with van der Waals surface area (Å²) >= 11 is 11.8. The average molecular weight is 384 g/mol. The number of carbonyl (C=O) groups is 1. The van der Waals surface area contributed by atoms with E-state index in [-0.39, 0.29) is 5.91 Å². The van der Waals surface area contributed by atoms with Crippen molar-refractivity contribution in [2.75, 3.05) is 6.54 Å². The minimum Gasteiger partial charge on any atom is -0.353 e. The van der Waals surface area contributed by atoms with Crippen LogP contribution >= 0.6 is 23.2 Å². The van der Waals surface area contributed by atoms with Crippen LogP contribution in [0.1, 0.15) is 76.7 Å². The molecule has 1 aromatic carbocycles. The van der Waals surface area contributed by atoms with E-state index in [2.05, 4.69) is 12.2 Å². The first-order valence-corrected chi connectivity index (χ1v) is 10.3. The SMILES string of the molecule is CCCCCCCCCCCCNC(=O)/C=C/c1ccc(Cl)c(Cl)c1. The molecule has 2 nitrogen and oxygen atoms in total. The van der Waals surface area contributed by atoms with Crippen LogP contribution in [0.2, 0.25) is 10.0 Å². The number of rotatable bonds is 13. The van der Waals surface area contributed by atoms with Gasteiger partial charge in [0.25, 0.3) is 0 Å². The maximum atomic E-state index is 11.8. The van der Waals surface area contributed by atoms with Crippen LogP contribution in [0.25, 0.3) is 6.08 Å². The number of carbonyl (C=O) groups excluding carboxylic acids is 1. The fraction of sp³-hybridized carbons (Fsp3) is 0.571. The molecule has 0 bridgehead atoms. The van der Waals surface area contributed by atoms with Gasteiger partial charge < -0.3 is 5.32 Å². The first-order valence-electron chi connectivity index (χ1n) is 9.54. The van der Waals surface area contributed by atoms with Crippen LogP contribution in [0.4, 0.5) is 0 Å². The summed E-state index contributed by atoms with van der Waals surface area (Å²) in [4.78, 5) is 11.8. The monoisotopic (exact) mass is 383 g/mol. The maximum Gasteiger partial charge on any atom is 0.243 e. The van der Waals surface area contributed by atoms with Crippen LogP contribution < -0.4 is 5.32 Å². The number of nitrogens with one attached hydrogen (secondary N) is 1. The Labute approximate surface area is 163 Å². The first kappa shape index (κ1) is 22.1. The van der Waals surface area contributed by atoms with Gasteiger partial charge in [-0.1, -0.05) is 94.0 Å². The minimum absolute atomic E-state index is 0.0676. The zero-order chi connectivity index (χ0) is 18.3. The van der Waals surface area contributed by atoms with E-state index in [0.29, 0.717) is 10.0 Å². The van der Waals surface area contributed by atoms with Gasteiger partial charge in [-0.3, -0.25) is 4.79 Å². The second-order valence-corrected chi connectivity index (χ2v) is 7.29. The van der Waals surface area contributed by atoms with Crippen molar-refractivity contribution in [1.29, 1.82) is 0 Å². The molecular formula is C21H31Cl2NO. The summed E-state index contributed by atoms with van der Waals surface area (Å²) in [5.41, 5.74) is 0.864. The number of unbranched alkanes of at least 4 members (excludes halogenated alkanes) is 9. The lowest BCUT2D eigenvalue weighted by Crippen LogP contribution is -2.21. The molecule has 1 aromatic rings. The molecule has 0 aliphatic rings. The summed E-state index contributed by atoms with van der Waals surface area (Å²) in [5.74, 6) is -0.0676. The van der Waals surface area contributed by atoms with Gasteiger partial charge in [0.1, 0.15) is 0 Å². The largest absolute Gasteiger partial charge is 0.353 e. The predicted molar refractivity (Wildman–Crippen MR) is 110 cm³/mol. The Morgan fingerprint density at radius 1 is 0.920 bits per heavy atom. The Morgan fingerprint density at radius 3 is 2.12 bits per heavy atom. The lowest BCUT2D eigenvalue weighted by atomic mass is 10.1. The van der Waals surface area contributed by atoms with Gasteiger partial charge in [0.15, 0.2) is 0 Å². The van der Waals surface area contributed by atoms with Crippen molar-refractivity contribution >= 4 is 35.2 Å². The molecule has 0 heterocycles. The third kappa shape index (κ3) is 11.3. The Bertz CT molecular complexity index is 529. The Morgan fingerprint density at radius 2 is 1.52 bits per heavy atom. The van der Waals surface area contributed by atoms with E-state index in [0.717, 1.165) is 18.5 Å². The summed E-state index contributed by atoms with van der Waals surface area (Å²) in [6, 6.07) is 5.31. The Hall–Kier alpha value is -0.990. The first-order chi connectivity index (χ1) is 12.1. The number of halogens is 2. The number of amides is 1. The molecule has 4 heteroatoms. The lowest BCUT2D eigenvalue weighted by molar-refractivity contribution is -0.116. The second-order valence-electron chi connectivity index (χ2n) is 6.48. The fourth-order valence-electron chi connectivity index (χ4n) is 2.67. The van der Waals surface area contributed by atoms with Crippen LogP contribution in [0.15, 0.2) is 24.3 Å². The number of benzene rings is 1. The molecule has 25 heavy (non-hydrogen) atoms. The van der Waals surface area contributed by atoms with Crippen LogP contribution in [0, 0.1) is 0 Å². The van der Waals surface area contributed by atoms with E-state index in [9.17, 15) is 4.79 Å². The van der Waals surface area contributed by atoms with Crippen molar-refractivity contribution in [2.24, 2.45) is 0 Å². The molecule has 0 aliphatic carbocycles. The molecule has 1 rings (SSSR count). The van der Waals surface area contributed by atoms with E-state index in [4.69, 9.17) is 23.2 Å². The number of hydrogen-bond donors (Lipinski definition) is 1. The van der Waals surface area contributed by atoms with Crippen molar-refractivity contribution < 1.29 is 4.79 Å². The highest BCUT2D eigenvalue weighted by Gasteiger charge is 1.99. The van der Waals surface area contributed by atoms with E-state index in [1.807, 2.05) is 6.07 Å². The maximum absolute atomic E-state index is 11.8. The van der Waals surface area contributed by atoms with Gasteiger partial charge in [-0.25, -0.2) is 0 Å². The zero-order valence-corrected chi connectivity index (χ0v) is 16.8. The predicted octanol–water partition coefficient (Wildman–Crippen LogP) is 7.04. The molecule has 0 atom stereocenters. The highest BCUT2D eigenvalue weighted by atomic mass is 35.5. The molecule has 0 spiro atoms. The normalized spacial score (nSPS) is 11.2. The third-order valence-electron chi connectivity index (χ3n) is 4.20. The van der Waals surface area contributed by atoms with E-state index in [1.165, 1.54) is 63.9 Å². The molecule has 0 saturated carbocycles. The summed E-state index contributed by atoms with van der Waals surface area (Å²) in [7, 11) is 0. The second kappa shape index (κ2) is 14.2. The van der Waals surface area contributed by atoms with Gasteiger partial charge in [-0.15, -0.1) is 0 Å². The van der Waals surface area contributed by atoms with Gasteiger partial charge in [-0.05, 0) is 30.2 Å². The lowest BCUT2D eigenvalue weighted by Gasteiger charge is -2.03. The molecule has 1 amide bonds. The highest BCUT2D eigenvalue weighted by molar-refractivity contribution is 6.42. The van der Waals surface area contributed by atoms with Gasteiger partial charge in [0, 0.05) is 12.6 Å². The summed E-state index contributed by atoms with van der Waals surface area (Å²) in [6.07, 6.45) is 16.3. The summed E-state index contributed by atoms with van der Waals surface area (Å²) < 4.78 is 0. The summed E-state index contributed by atoms with van der Waals surface area (Å²) in [5, 5.41) is 3.93.